The van der Waals surface area contributed by atoms with Crippen molar-refractivity contribution in [1.29, 1.82) is 0 Å². The average Bonchev–Trinajstić information content (AvgIpc) is 2.38. The summed E-state index contributed by atoms with van der Waals surface area (Å²) in [4.78, 5) is 0. The van der Waals surface area contributed by atoms with Gasteiger partial charge in [0.25, 0.3) is 0 Å². The smallest absolute Gasteiger partial charge is 0.124 e. The minimum atomic E-state index is 0.288. The fourth-order valence-corrected chi connectivity index (χ4v) is 2.03. The molecule has 0 spiro atoms. The molecule has 1 rings (SSSR count). The van der Waals surface area contributed by atoms with Crippen molar-refractivity contribution in [2.45, 2.75) is 52.7 Å². The zero-order valence-electron chi connectivity index (χ0n) is 11.6. The van der Waals surface area contributed by atoms with E-state index in [9.17, 15) is 0 Å². The van der Waals surface area contributed by atoms with Gasteiger partial charge in [0.15, 0.2) is 0 Å². The normalized spacial score (nSPS) is 10.9. The van der Waals surface area contributed by atoms with E-state index in [0.29, 0.717) is 0 Å². The molecule has 1 aromatic carbocycles. The summed E-state index contributed by atoms with van der Waals surface area (Å²) in [6.07, 6.45) is 3.47. The molecule has 0 saturated heterocycles. The molecule has 18 heavy (non-hydrogen) atoms. The van der Waals surface area contributed by atoms with Crippen LogP contribution in [0.4, 0.5) is 0 Å². The molecule has 0 atom stereocenters. The standard InChI is InChI=1S/C15H24ClNO/c1-4-9-17-11-12-10-13(16)7-8-15(12)18-14(5-2)6-3/h7-8,10,14,17H,4-6,9,11H2,1-3H3. The number of halogens is 1. The van der Waals surface area contributed by atoms with Crippen LogP contribution in [-0.2, 0) is 6.54 Å². The molecule has 0 heterocycles. The third-order valence-corrected chi connectivity index (χ3v) is 3.20. The Morgan fingerprint density at radius 3 is 2.56 bits per heavy atom. The van der Waals surface area contributed by atoms with Gasteiger partial charge in [0, 0.05) is 17.1 Å². The SMILES string of the molecule is CCCNCc1cc(Cl)ccc1OC(CC)CC. The number of hydrogen-bond donors (Lipinski definition) is 1. The Hall–Kier alpha value is -0.730. The Kier molecular flexibility index (Phi) is 7.14. The largest absolute Gasteiger partial charge is 0.490 e. The maximum Gasteiger partial charge on any atom is 0.124 e. The lowest BCUT2D eigenvalue weighted by Gasteiger charge is -2.19. The van der Waals surface area contributed by atoms with Gasteiger partial charge in [-0.25, -0.2) is 0 Å². The first kappa shape index (κ1) is 15.3. The third-order valence-electron chi connectivity index (χ3n) is 2.97. The summed E-state index contributed by atoms with van der Waals surface area (Å²) in [5.41, 5.74) is 1.14. The quantitative estimate of drug-likeness (QED) is 0.706. The molecule has 0 radical (unpaired) electrons. The van der Waals surface area contributed by atoms with E-state index in [2.05, 4.69) is 26.1 Å². The van der Waals surface area contributed by atoms with E-state index in [-0.39, 0.29) is 6.10 Å². The minimum absolute atomic E-state index is 0.288. The zero-order chi connectivity index (χ0) is 13.4. The second-order valence-corrected chi connectivity index (χ2v) is 4.92. The predicted molar refractivity (Wildman–Crippen MR) is 78.4 cm³/mol. The lowest BCUT2D eigenvalue weighted by molar-refractivity contribution is 0.190. The number of benzene rings is 1. The Morgan fingerprint density at radius 2 is 1.94 bits per heavy atom. The summed E-state index contributed by atoms with van der Waals surface area (Å²) < 4.78 is 6.03. The van der Waals surface area contributed by atoms with Crippen LogP contribution < -0.4 is 10.1 Å². The molecule has 1 aromatic rings. The first-order chi connectivity index (χ1) is 8.71. The molecule has 102 valence electrons. The molecule has 1 N–H and O–H groups in total. The van der Waals surface area contributed by atoms with Gasteiger partial charge in [-0.3, -0.25) is 0 Å². The number of rotatable bonds is 8. The second kappa shape index (κ2) is 8.39. The van der Waals surface area contributed by atoms with Crippen molar-refractivity contribution in [3.8, 4) is 5.75 Å². The van der Waals surface area contributed by atoms with Gasteiger partial charge in [-0.1, -0.05) is 32.4 Å². The molecule has 3 heteroatoms. The highest BCUT2D eigenvalue weighted by Crippen LogP contribution is 2.25. The van der Waals surface area contributed by atoms with Crippen molar-refractivity contribution in [3.05, 3.63) is 28.8 Å². The molecule has 0 saturated carbocycles. The van der Waals surface area contributed by atoms with E-state index in [1.54, 1.807) is 0 Å². The highest BCUT2D eigenvalue weighted by atomic mass is 35.5. The molecule has 0 aliphatic rings. The molecular formula is C15H24ClNO. The Balaban J connectivity index is 2.75. The number of ether oxygens (including phenoxy) is 1. The van der Waals surface area contributed by atoms with Gasteiger partial charge in [-0.2, -0.15) is 0 Å². The molecule has 0 unspecified atom stereocenters. The van der Waals surface area contributed by atoms with Gasteiger partial charge in [-0.15, -0.1) is 0 Å². The Bertz CT molecular complexity index is 350. The van der Waals surface area contributed by atoms with Crippen molar-refractivity contribution < 1.29 is 4.74 Å². The van der Waals surface area contributed by atoms with E-state index < -0.39 is 0 Å². The molecule has 0 aromatic heterocycles. The Labute approximate surface area is 116 Å². The van der Waals surface area contributed by atoms with Crippen LogP contribution in [0.1, 0.15) is 45.6 Å². The first-order valence-electron chi connectivity index (χ1n) is 6.87. The van der Waals surface area contributed by atoms with Crippen molar-refractivity contribution in [3.63, 3.8) is 0 Å². The maximum absolute atomic E-state index is 6.05. The fourth-order valence-electron chi connectivity index (χ4n) is 1.84. The van der Waals surface area contributed by atoms with E-state index in [1.165, 1.54) is 0 Å². The summed E-state index contributed by atoms with van der Waals surface area (Å²) in [6.45, 7) is 8.28. The highest BCUT2D eigenvalue weighted by molar-refractivity contribution is 6.30. The predicted octanol–water partition coefficient (Wildman–Crippen LogP) is 4.41. The summed E-state index contributed by atoms with van der Waals surface area (Å²) >= 11 is 6.05. The molecule has 0 fully saturated rings. The van der Waals surface area contributed by atoms with Crippen LogP contribution >= 0.6 is 11.6 Å². The topological polar surface area (TPSA) is 21.3 Å². The van der Waals surface area contributed by atoms with Gasteiger partial charge in [0.2, 0.25) is 0 Å². The zero-order valence-corrected chi connectivity index (χ0v) is 12.4. The van der Waals surface area contributed by atoms with Crippen LogP contribution in [0.15, 0.2) is 18.2 Å². The van der Waals surface area contributed by atoms with E-state index in [1.807, 2.05) is 18.2 Å². The third kappa shape index (κ3) is 4.87. The van der Waals surface area contributed by atoms with Crippen LogP contribution in [0.25, 0.3) is 0 Å². The highest BCUT2D eigenvalue weighted by Gasteiger charge is 2.09. The minimum Gasteiger partial charge on any atom is -0.490 e. The average molecular weight is 270 g/mol. The first-order valence-corrected chi connectivity index (χ1v) is 7.24. The van der Waals surface area contributed by atoms with Crippen LogP contribution in [0, 0.1) is 0 Å². The Morgan fingerprint density at radius 1 is 1.22 bits per heavy atom. The molecular weight excluding hydrogens is 246 g/mol. The van der Waals surface area contributed by atoms with Gasteiger partial charge in [-0.05, 0) is 44.0 Å². The van der Waals surface area contributed by atoms with E-state index >= 15 is 0 Å². The fraction of sp³-hybridized carbons (Fsp3) is 0.600. The summed E-state index contributed by atoms with van der Waals surface area (Å²) in [5.74, 6) is 0.955. The van der Waals surface area contributed by atoms with Gasteiger partial charge < -0.3 is 10.1 Å². The van der Waals surface area contributed by atoms with Gasteiger partial charge in [0.05, 0.1) is 6.10 Å². The number of nitrogens with one attached hydrogen (secondary N) is 1. The molecule has 2 nitrogen and oxygen atoms in total. The summed E-state index contributed by atoms with van der Waals surface area (Å²) in [6, 6.07) is 5.86. The molecule has 0 aliphatic heterocycles. The molecule has 0 aliphatic carbocycles. The van der Waals surface area contributed by atoms with Crippen LogP contribution in [0.3, 0.4) is 0 Å². The van der Waals surface area contributed by atoms with Gasteiger partial charge >= 0.3 is 0 Å². The number of hydrogen-bond acceptors (Lipinski definition) is 2. The van der Waals surface area contributed by atoms with E-state index in [4.69, 9.17) is 16.3 Å². The van der Waals surface area contributed by atoms with Crippen LogP contribution in [0.5, 0.6) is 5.75 Å². The summed E-state index contributed by atoms with van der Waals surface area (Å²) in [5, 5.41) is 4.15. The van der Waals surface area contributed by atoms with Crippen molar-refractivity contribution in [2.75, 3.05) is 6.54 Å². The summed E-state index contributed by atoms with van der Waals surface area (Å²) in [7, 11) is 0. The lowest BCUT2D eigenvalue weighted by Crippen LogP contribution is -2.18. The lowest BCUT2D eigenvalue weighted by atomic mass is 10.1. The van der Waals surface area contributed by atoms with Crippen molar-refractivity contribution >= 4 is 11.6 Å². The maximum atomic E-state index is 6.05. The van der Waals surface area contributed by atoms with Crippen LogP contribution in [-0.4, -0.2) is 12.6 Å². The van der Waals surface area contributed by atoms with Crippen LogP contribution in [0.2, 0.25) is 5.02 Å². The van der Waals surface area contributed by atoms with Gasteiger partial charge in [0.1, 0.15) is 5.75 Å². The molecule has 0 amide bonds. The van der Waals surface area contributed by atoms with Crippen molar-refractivity contribution in [2.24, 2.45) is 0 Å². The second-order valence-electron chi connectivity index (χ2n) is 4.49. The molecule has 0 bridgehead atoms. The van der Waals surface area contributed by atoms with Crippen molar-refractivity contribution in [1.82, 2.24) is 5.32 Å². The van der Waals surface area contributed by atoms with E-state index in [0.717, 1.165) is 48.7 Å². The monoisotopic (exact) mass is 269 g/mol.